The van der Waals surface area contributed by atoms with Crippen LogP contribution in [0.4, 0.5) is 14.5 Å². The predicted molar refractivity (Wildman–Crippen MR) is 78.8 cm³/mol. The topological polar surface area (TPSA) is 58.2 Å². The molecule has 2 rings (SSSR count). The van der Waals surface area contributed by atoms with Gasteiger partial charge in [-0.2, -0.15) is 0 Å². The Morgan fingerprint density at radius 2 is 2.10 bits per heavy atom. The van der Waals surface area contributed by atoms with Gasteiger partial charge in [-0.3, -0.25) is 4.72 Å². The van der Waals surface area contributed by atoms with Crippen LogP contribution in [0.15, 0.2) is 12.1 Å². The molecule has 1 atom stereocenters. The van der Waals surface area contributed by atoms with Gasteiger partial charge in [0.15, 0.2) is 5.82 Å². The second kappa shape index (κ2) is 6.70. The Morgan fingerprint density at radius 1 is 1.33 bits per heavy atom. The van der Waals surface area contributed by atoms with Gasteiger partial charge in [-0.15, -0.1) is 0 Å². The Balaban J connectivity index is 2.02. The highest BCUT2D eigenvalue weighted by Crippen LogP contribution is 2.23. The zero-order valence-electron chi connectivity index (χ0n) is 12.0. The van der Waals surface area contributed by atoms with Gasteiger partial charge >= 0.3 is 0 Å². The average Bonchev–Trinajstić information content (AvgIpc) is 2.47. The second-order valence-electron chi connectivity index (χ2n) is 5.41. The smallest absolute Gasteiger partial charge is 0.232 e. The van der Waals surface area contributed by atoms with E-state index in [1.54, 1.807) is 0 Å². The van der Waals surface area contributed by atoms with E-state index in [0.717, 1.165) is 31.9 Å². The maximum absolute atomic E-state index is 13.8. The molecule has 0 spiro atoms. The van der Waals surface area contributed by atoms with Crippen LogP contribution in [0.25, 0.3) is 0 Å². The van der Waals surface area contributed by atoms with Crippen molar-refractivity contribution in [3.05, 3.63) is 29.3 Å². The summed E-state index contributed by atoms with van der Waals surface area (Å²) in [5.74, 6) is -1.93. The molecule has 1 aromatic rings. The molecule has 4 nitrogen and oxygen atoms in total. The number of hydrogen-bond acceptors (Lipinski definition) is 3. The predicted octanol–water partition coefficient (Wildman–Crippen LogP) is 2.55. The first-order valence-electron chi connectivity index (χ1n) is 7.07. The average molecular weight is 318 g/mol. The Kier molecular flexibility index (Phi) is 5.16. The Labute approximate surface area is 124 Å². The fraction of sp³-hybridized carbons (Fsp3) is 0.571. The summed E-state index contributed by atoms with van der Waals surface area (Å²) in [6.07, 6.45) is 3.54. The van der Waals surface area contributed by atoms with E-state index in [2.05, 4.69) is 5.32 Å². The van der Waals surface area contributed by atoms with Gasteiger partial charge in [-0.1, -0.05) is 12.5 Å². The largest absolute Gasteiger partial charge is 0.314 e. The maximum Gasteiger partial charge on any atom is 0.232 e. The number of hydrogen-bond donors (Lipinski definition) is 2. The molecule has 0 amide bonds. The molecule has 118 valence electrons. The number of halogens is 2. The molecular formula is C14H20F2N2O2S. The van der Waals surface area contributed by atoms with Crippen LogP contribution in [0, 0.1) is 18.6 Å². The zero-order chi connectivity index (χ0) is 15.5. The third kappa shape index (κ3) is 4.38. The van der Waals surface area contributed by atoms with Gasteiger partial charge < -0.3 is 5.32 Å². The molecule has 1 aliphatic rings. The number of sulfonamides is 1. The van der Waals surface area contributed by atoms with Crippen LogP contribution in [0.2, 0.25) is 0 Å². The lowest BCUT2D eigenvalue weighted by molar-refractivity contribution is 0.393. The van der Waals surface area contributed by atoms with Gasteiger partial charge in [-0.05, 0) is 44.4 Å². The zero-order valence-corrected chi connectivity index (χ0v) is 12.8. The maximum atomic E-state index is 13.8. The highest BCUT2D eigenvalue weighted by molar-refractivity contribution is 7.92. The molecular weight excluding hydrogens is 298 g/mol. The van der Waals surface area contributed by atoms with E-state index in [4.69, 9.17) is 0 Å². The van der Waals surface area contributed by atoms with Gasteiger partial charge in [0, 0.05) is 6.04 Å². The quantitative estimate of drug-likeness (QED) is 0.877. The lowest BCUT2D eigenvalue weighted by Crippen LogP contribution is -2.36. The van der Waals surface area contributed by atoms with Crippen molar-refractivity contribution in [3.63, 3.8) is 0 Å². The molecule has 1 saturated heterocycles. The number of rotatable bonds is 5. The summed E-state index contributed by atoms with van der Waals surface area (Å²) in [6.45, 7) is 2.35. The van der Waals surface area contributed by atoms with E-state index in [1.165, 1.54) is 13.0 Å². The van der Waals surface area contributed by atoms with Gasteiger partial charge in [0.05, 0.1) is 5.75 Å². The van der Waals surface area contributed by atoms with E-state index in [9.17, 15) is 17.2 Å². The summed E-state index contributed by atoms with van der Waals surface area (Å²) >= 11 is 0. The SMILES string of the molecule is Cc1ccc(F)c(NS(=O)(=O)CCC2CCCCN2)c1F. The van der Waals surface area contributed by atoms with Crippen molar-refractivity contribution >= 4 is 15.7 Å². The normalized spacial score (nSPS) is 19.5. The molecule has 0 saturated carbocycles. The molecule has 1 heterocycles. The Hall–Kier alpha value is -1.21. The number of piperidine rings is 1. The number of aryl methyl sites for hydroxylation is 1. The van der Waals surface area contributed by atoms with Crippen molar-refractivity contribution in [1.29, 1.82) is 0 Å². The van der Waals surface area contributed by atoms with Crippen molar-refractivity contribution in [3.8, 4) is 0 Å². The molecule has 0 aromatic heterocycles. The molecule has 1 fully saturated rings. The van der Waals surface area contributed by atoms with Crippen LogP contribution in [-0.2, 0) is 10.0 Å². The van der Waals surface area contributed by atoms with Crippen molar-refractivity contribution in [1.82, 2.24) is 5.32 Å². The minimum Gasteiger partial charge on any atom is -0.314 e. The van der Waals surface area contributed by atoms with Gasteiger partial charge in [-0.25, -0.2) is 17.2 Å². The van der Waals surface area contributed by atoms with E-state index >= 15 is 0 Å². The van der Waals surface area contributed by atoms with Crippen LogP contribution < -0.4 is 10.0 Å². The van der Waals surface area contributed by atoms with Crippen LogP contribution in [0.3, 0.4) is 0 Å². The number of anilines is 1. The Bertz CT molecular complexity index is 599. The first-order chi connectivity index (χ1) is 9.89. The summed E-state index contributed by atoms with van der Waals surface area (Å²) in [5.41, 5.74) is -0.394. The molecule has 1 aromatic carbocycles. The van der Waals surface area contributed by atoms with E-state index in [0.29, 0.717) is 6.42 Å². The summed E-state index contributed by atoms with van der Waals surface area (Å²) in [4.78, 5) is 0. The van der Waals surface area contributed by atoms with E-state index in [-0.39, 0.29) is 17.4 Å². The van der Waals surface area contributed by atoms with E-state index in [1.807, 2.05) is 4.72 Å². The molecule has 0 bridgehead atoms. The van der Waals surface area contributed by atoms with Crippen molar-refractivity contribution in [2.24, 2.45) is 0 Å². The fourth-order valence-electron chi connectivity index (χ4n) is 2.42. The van der Waals surface area contributed by atoms with Crippen LogP contribution >= 0.6 is 0 Å². The molecule has 2 N–H and O–H groups in total. The van der Waals surface area contributed by atoms with Gasteiger partial charge in [0.25, 0.3) is 0 Å². The highest BCUT2D eigenvalue weighted by Gasteiger charge is 2.21. The lowest BCUT2D eigenvalue weighted by atomic mass is 10.0. The van der Waals surface area contributed by atoms with Gasteiger partial charge in [0.1, 0.15) is 11.5 Å². The monoisotopic (exact) mass is 318 g/mol. The minimum atomic E-state index is -3.77. The summed E-state index contributed by atoms with van der Waals surface area (Å²) in [6, 6.07) is 2.48. The summed E-state index contributed by atoms with van der Waals surface area (Å²) in [5, 5.41) is 3.25. The number of benzene rings is 1. The molecule has 1 unspecified atom stereocenters. The van der Waals surface area contributed by atoms with E-state index < -0.39 is 27.3 Å². The lowest BCUT2D eigenvalue weighted by Gasteiger charge is -2.23. The van der Waals surface area contributed by atoms with Crippen molar-refractivity contribution < 1.29 is 17.2 Å². The number of nitrogens with one attached hydrogen (secondary N) is 2. The summed E-state index contributed by atoms with van der Waals surface area (Å²) < 4.78 is 53.4. The minimum absolute atomic E-state index is 0.155. The van der Waals surface area contributed by atoms with Crippen molar-refractivity contribution in [2.45, 2.75) is 38.6 Å². The second-order valence-corrected chi connectivity index (χ2v) is 7.25. The molecule has 0 radical (unpaired) electrons. The highest BCUT2D eigenvalue weighted by atomic mass is 32.2. The third-order valence-corrected chi connectivity index (χ3v) is 4.98. The first-order valence-corrected chi connectivity index (χ1v) is 8.73. The fourth-order valence-corrected chi connectivity index (χ4v) is 3.62. The molecule has 21 heavy (non-hydrogen) atoms. The van der Waals surface area contributed by atoms with Crippen LogP contribution in [-0.4, -0.2) is 26.8 Å². The van der Waals surface area contributed by atoms with Crippen molar-refractivity contribution in [2.75, 3.05) is 17.0 Å². The molecule has 0 aliphatic carbocycles. The van der Waals surface area contributed by atoms with Crippen LogP contribution in [0.1, 0.15) is 31.2 Å². The standard InChI is InChI=1S/C14H20F2N2O2S/c1-10-5-6-12(15)14(13(10)16)18-21(19,20)9-7-11-4-2-3-8-17-11/h5-6,11,17-18H,2-4,7-9H2,1H3. The Morgan fingerprint density at radius 3 is 2.76 bits per heavy atom. The molecule has 7 heteroatoms. The third-order valence-electron chi connectivity index (χ3n) is 3.69. The first kappa shape index (κ1) is 16.2. The summed E-state index contributed by atoms with van der Waals surface area (Å²) in [7, 11) is -3.77. The molecule has 1 aliphatic heterocycles. The van der Waals surface area contributed by atoms with Crippen LogP contribution in [0.5, 0.6) is 0 Å². The van der Waals surface area contributed by atoms with Gasteiger partial charge in [0.2, 0.25) is 10.0 Å².